The van der Waals surface area contributed by atoms with Crippen LogP contribution < -0.4 is 5.32 Å². The molecule has 0 unspecified atom stereocenters. The Labute approximate surface area is 112 Å². The highest BCUT2D eigenvalue weighted by Crippen LogP contribution is 2.23. The summed E-state index contributed by atoms with van der Waals surface area (Å²) in [7, 11) is 1.98. The Balaban J connectivity index is 2.76. The molecule has 0 saturated carbocycles. The lowest BCUT2D eigenvalue weighted by Crippen LogP contribution is -2.07. The minimum atomic E-state index is 0.922. The van der Waals surface area contributed by atoms with E-state index in [1.807, 2.05) is 14.0 Å². The van der Waals surface area contributed by atoms with Crippen molar-refractivity contribution in [1.29, 1.82) is 0 Å². The van der Waals surface area contributed by atoms with E-state index in [0.29, 0.717) is 0 Å². The average molecular weight is 300 g/mol. The van der Waals surface area contributed by atoms with Crippen molar-refractivity contribution in [2.75, 3.05) is 13.6 Å². The Kier molecular flexibility index (Phi) is 5.92. The van der Waals surface area contributed by atoms with Gasteiger partial charge in [0.25, 0.3) is 0 Å². The van der Waals surface area contributed by atoms with Crippen molar-refractivity contribution in [3.63, 3.8) is 0 Å². The normalized spacial score (nSPS) is 12.2. The SMILES string of the molecule is CCn1nc(C)c(Br)c1CC(C)=CCCNC. The third-order valence-corrected chi connectivity index (χ3v) is 3.82. The highest BCUT2D eigenvalue weighted by atomic mass is 79.9. The molecule has 4 heteroatoms. The van der Waals surface area contributed by atoms with Crippen LogP contribution in [0.4, 0.5) is 0 Å². The molecule has 3 nitrogen and oxygen atoms in total. The molecule has 1 N–H and O–H groups in total. The van der Waals surface area contributed by atoms with Crippen molar-refractivity contribution < 1.29 is 0 Å². The maximum absolute atomic E-state index is 4.51. The van der Waals surface area contributed by atoms with Gasteiger partial charge in [-0.25, -0.2) is 0 Å². The number of aromatic nitrogens is 2. The van der Waals surface area contributed by atoms with Crippen LogP contribution in [0.2, 0.25) is 0 Å². The van der Waals surface area contributed by atoms with Gasteiger partial charge >= 0.3 is 0 Å². The van der Waals surface area contributed by atoms with Gasteiger partial charge in [-0.2, -0.15) is 5.10 Å². The molecule has 1 heterocycles. The smallest absolute Gasteiger partial charge is 0.0738 e. The van der Waals surface area contributed by atoms with Crippen LogP contribution in [0.5, 0.6) is 0 Å². The number of hydrogen-bond donors (Lipinski definition) is 1. The second-order valence-corrected chi connectivity index (χ2v) is 5.07. The Morgan fingerprint density at radius 3 is 2.82 bits per heavy atom. The van der Waals surface area contributed by atoms with Crippen LogP contribution in [0.3, 0.4) is 0 Å². The van der Waals surface area contributed by atoms with Crippen molar-refractivity contribution in [3.8, 4) is 0 Å². The van der Waals surface area contributed by atoms with Crippen molar-refractivity contribution in [3.05, 3.63) is 27.5 Å². The molecule has 1 aromatic heterocycles. The fourth-order valence-corrected chi connectivity index (χ4v) is 2.26. The lowest BCUT2D eigenvalue weighted by molar-refractivity contribution is 0.623. The molecule has 1 rings (SSSR count). The highest BCUT2D eigenvalue weighted by molar-refractivity contribution is 9.10. The number of nitrogens with zero attached hydrogens (tertiary/aromatic N) is 2. The van der Waals surface area contributed by atoms with Gasteiger partial charge in [0, 0.05) is 13.0 Å². The van der Waals surface area contributed by atoms with Crippen molar-refractivity contribution in [2.24, 2.45) is 0 Å². The minimum absolute atomic E-state index is 0.922. The van der Waals surface area contributed by atoms with E-state index in [1.165, 1.54) is 11.3 Å². The zero-order chi connectivity index (χ0) is 12.8. The quantitative estimate of drug-likeness (QED) is 0.646. The second kappa shape index (κ2) is 6.97. The molecule has 0 saturated heterocycles. The van der Waals surface area contributed by atoms with Crippen LogP contribution in [-0.4, -0.2) is 23.4 Å². The fourth-order valence-electron chi connectivity index (χ4n) is 1.84. The standard InChI is InChI=1S/C13H22BrN3/c1-5-17-12(13(14)11(3)16-17)9-10(2)7-6-8-15-4/h7,15H,5-6,8-9H2,1-4H3. The Morgan fingerprint density at radius 1 is 1.53 bits per heavy atom. The van der Waals surface area contributed by atoms with E-state index in [0.717, 1.165) is 36.1 Å². The average Bonchev–Trinajstić information content (AvgIpc) is 2.57. The van der Waals surface area contributed by atoms with Crippen LogP contribution in [0.25, 0.3) is 0 Å². The van der Waals surface area contributed by atoms with Gasteiger partial charge < -0.3 is 5.32 Å². The fraction of sp³-hybridized carbons (Fsp3) is 0.615. The summed E-state index contributed by atoms with van der Waals surface area (Å²) in [5.74, 6) is 0. The van der Waals surface area contributed by atoms with Crippen LogP contribution in [-0.2, 0) is 13.0 Å². The summed E-state index contributed by atoms with van der Waals surface area (Å²) < 4.78 is 3.23. The summed E-state index contributed by atoms with van der Waals surface area (Å²) in [5, 5.41) is 7.66. The highest BCUT2D eigenvalue weighted by Gasteiger charge is 2.11. The van der Waals surface area contributed by atoms with E-state index < -0.39 is 0 Å². The molecule has 0 radical (unpaired) electrons. The predicted molar refractivity (Wildman–Crippen MR) is 76.3 cm³/mol. The van der Waals surface area contributed by atoms with Crippen LogP contribution in [0.1, 0.15) is 31.7 Å². The molecule has 0 aliphatic carbocycles. The molecular weight excluding hydrogens is 278 g/mol. The predicted octanol–water partition coefficient (Wildman–Crippen LogP) is 3.07. The third-order valence-electron chi connectivity index (χ3n) is 2.79. The first-order valence-electron chi connectivity index (χ1n) is 6.12. The van der Waals surface area contributed by atoms with E-state index >= 15 is 0 Å². The van der Waals surface area contributed by atoms with E-state index in [-0.39, 0.29) is 0 Å². The first kappa shape index (κ1) is 14.5. The molecule has 0 fully saturated rings. The summed E-state index contributed by atoms with van der Waals surface area (Å²) in [5.41, 5.74) is 3.75. The van der Waals surface area contributed by atoms with E-state index in [2.05, 4.69) is 51.0 Å². The zero-order valence-corrected chi connectivity index (χ0v) is 12.8. The second-order valence-electron chi connectivity index (χ2n) is 4.28. The van der Waals surface area contributed by atoms with Crippen LogP contribution in [0.15, 0.2) is 16.1 Å². The molecule has 0 aromatic carbocycles. The summed E-state index contributed by atoms with van der Waals surface area (Å²) in [4.78, 5) is 0. The number of hydrogen-bond acceptors (Lipinski definition) is 2. The van der Waals surface area contributed by atoms with Crippen molar-refractivity contribution in [1.82, 2.24) is 15.1 Å². The first-order valence-corrected chi connectivity index (χ1v) is 6.91. The molecule has 17 heavy (non-hydrogen) atoms. The van der Waals surface area contributed by atoms with Crippen molar-refractivity contribution in [2.45, 2.75) is 40.2 Å². The largest absolute Gasteiger partial charge is 0.319 e. The van der Waals surface area contributed by atoms with Gasteiger partial charge in [-0.05, 0) is 56.7 Å². The third kappa shape index (κ3) is 3.96. The lowest BCUT2D eigenvalue weighted by atomic mass is 10.1. The van der Waals surface area contributed by atoms with E-state index in [9.17, 15) is 0 Å². The van der Waals surface area contributed by atoms with Gasteiger partial charge in [-0.15, -0.1) is 0 Å². The molecule has 0 aliphatic rings. The molecule has 0 bridgehead atoms. The first-order chi connectivity index (χ1) is 8.10. The summed E-state index contributed by atoms with van der Waals surface area (Å²) in [6.45, 7) is 8.31. The van der Waals surface area contributed by atoms with Gasteiger partial charge in [0.2, 0.25) is 0 Å². The number of nitrogens with one attached hydrogen (secondary N) is 1. The topological polar surface area (TPSA) is 29.9 Å². The molecule has 0 aliphatic heterocycles. The van der Waals surface area contributed by atoms with E-state index in [4.69, 9.17) is 0 Å². The summed E-state index contributed by atoms with van der Waals surface area (Å²) >= 11 is 3.63. The molecule has 0 amide bonds. The van der Waals surface area contributed by atoms with Crippen LogP contribution in [0, 0.1) is 6.92 Å². The Morgan fingerprint density at radius 2 is 2.24 bits per heavy atom. The Hall–Kier alpha value is -0.610. The molecule has 0 spiro atoms. The summed E-state index contributed by atoms with van der Waals surface area (Å²) in [6.07, 6.45) is 4.35. The molecule has 1 aromatic rings. The van der Waals surface area contributed by atoms with E-state index in [1.54, 1.807) is 0 Å². The zero-order valence-electron chi connectivity index (χ0n) is 11.2. The summed E-state index contributed by atoms with van der Waals surface area (Å²) in [6, 6.07) is 0. The maximum Gasteiger partial charge on any atom is 0.0738 e. The molecular formula is C13H22BrN3. The van der Waals surface area contributed by atoms with Crippen molar-refractivity contribution >= 4 is 15.9 Å². The van der Waals surface area contributed by atoms with Gasteiger partial charge in [0.15, 0.2) is 0 Å². The van der Waals surface area contributed by atoms with Gasteiger partial charge in [-0.3, -0.25) is 4.68 Å². The number of aryl methyl sites for hydroxylation is 2. The molecule has 96 valence electrons. The minimum Gasteiger partial charge on any atom is -0.319 e. The van der Waals surface area contributed by atoms with Gasteiger partial charge in [0.1, 0.15) is 0 Å². The van der Waals surface area contributed by atoms with Crippen LogP contribution >= 0.6 is 15.9 Å². The maximum atomic E-state index is 4.51. The van der Waals surface area contributed by atoms with Gasteiger partial charge in [-0.1, -0.05) is 11.6 Å². The number of rotatable bonds is 6. The lowest BCUT2D eigenvalue weighted by Gasteiger charge is -2.06. The van der Waals surface area contributed by atoms with Gasteiger partial charge in [0.05, 0.1) is 15.9 Å². The molecule has 0 atom stereocenters. The monoisotopic (exact) mass is 299 g/mol. The number of halogens is 1. The Bertz CT molecular complexity index is 394. The number of allylic oxidation sites excluding steroid dienone is 1.